The van der Waals surface area contributed by atoms with Crippen LogP contribution in [-0.4, -0.2) is 81.5 Å². The van der Waals surface area contributed by atoms with Crippen LogP contribution in [0.5, 0.6) is 0 Å². The van der Waals surface area contributed by atoms with E-state index >= 15 is 0 Å². The first-order valence-corrected chi connectivity index (χ1v) is 13.0. The Balaban J connectivity index is 1.32. The quantitative estimate of drug-likeness (QED) is 0.629. The number of hydrogen-bond donors (Lipinski definition) is 1. The van der Waals surface area contributed by atoms with Crippen LogP contribution in [-0.2, 0) is 14.3 Å². The van der Waals surface area contributed by atoms with Gasteiger partial charge in [-0.2, -0.15) is 5.26 Å². The Morgan fingerprint density at radius 3 is 2.62 bits per heavy atom. The Morgan fingerprint density at radius 2 is 1.97 bits per heavy atom. The Kier molecular flexibility index (Phi) is 6.39. The Labute approximate surface area is 216 Å². The van der Waals surface area contributed by atoms with Gasteiger partial charge in [0.15, 0.2) is 0 Å². The molecule has 1 N–H and O–H groups in total. The zero-order valence-corrected chi connectivity index (χ0v) is 21.7. The summed E-state index contributed by atoms with van der Waals surface area (Å²) in [6.07, 6.45) is 1.40. The molecule has 1 aliphatic carbocycles. The van der Waals surface area contributed by atoms with Crippen molar-refractivity contribution in [1.82, 2.24) is 20.0 Å². The molecule has 3 saturated heterocycles. The highest BCUT2D eigenvalue weighted by atomic mass is 19.1. The first-order chi connectivity index (χ1) is 17.5. The minimum Gasteiger partial charge on any atom is -0.444 e. The fourth-order valence-corrected chi connectivity index (χ4v) is 6.30. The lowest BCUT2D eigenvalue weighted by molar-refractivity contribution is -0.141. The number of nitrogens with zero attached hydrogens (tertiary/aromatic N) is 4. The van der Waals surface area contributed by atoms with Gasteiger partial charge in [0, 0.05) is 30.7 Å². The van der Waals surface area contributed by atoms with Crippen molar-refractivity contribution in [3.63, 3.8) is 0 Å². The fraction of sp³-hybridized carbons (Fsp3) is 0.630. The molecule has 1 aromatic rings. The maximum absolute atomic E-state index is 14.4. The van der Waals surface area contributed by atoms with E-state index in [4.69, 9.17) is 4.74 Å². The third kappa shape index (κ3) is 4.77. The van der Waals surface area contributed by atoms with Crippen LogP contribution in [0.4, 0.5) is 9.18 Å². The molecule has 3 heterocycles. The lowest BCUT2D eigenvalue weighted by Gasteiger charge is -2.39. The van der Waals surface area contributed by atoms with E-state index in [1.54, 1.807) is 48.8 Å². The Bertz CT molecular complexity index is 1150. The van der Waals surface area contributed by atoms with E-state index in [0.717, 1.165) is 6.42 Å². The van der Waals surface area contributed by atoms with Gasteiger partial charge in [0.05, 0.1) is 18.2 Å². The lowest BCUT2D eigenvalue weighted by Crippen LogP contribution is -2.59. The number of carbonyl (C=O) groups excluding carboxylic acids is 3. The molecule has 4 aliphatic rings. The van der Waals surface area contributed by atoms with E-state index in [0.29, 0.717) is 30.9 Å². The van der Waals surface area contributed by atoms with Gasteiger partial charge < -0.3 is 19.9 Å². The van der Waals surface area contributed by atoms with Crippen molar-refractivity contribution in [2.45, 2.75) is 88.8 Å². The molecule has 4 fully saturated rings. The van der Waals surface area contributed by atoms with Gasteiger partial charge in [0.25, 0.3) is 0 Å². The number of benzene rings is 1. The molecule has 5 rings (SSSR count). The number of rotatable bonds is 6. The number of nitriles is 1. The number of piperazine rings is 1. The van der Waals surface area contributed by atoms with Crippen molar-refractivity contribution in [2.75, 3.05) is 13.1 Å². The van der Waals surface area contributed by atoms with Crippen LogP contribution in [0.25, 0.3) is 0 Å². The van der Waals surface area contributed by atoms with Crippen LogP contribution in [0, 0.1) is 23.1 Å². The van der Waals surface area contributed by atoms with Crippen molar-refractivity contribution >= 4 is 17.9 Å². The molecular formula is C27H34FN5O4. The average molecular weight is 512 g/mol. The molecule has 3 aliphatic heterocycles. The van der Waals surface area contributed by atoms with Crippen LogP contribution in [0.15, 0.2) is 24.3 Å². The number of nitrogens with one attached hydrogen (secondary N) is 1. The van der Waals surface area contributed by atoms with E-state index in [1.807, 2.05) is 11.8 Å². The summed E-state index contributed by atoms with van der Waals surface area (Å²) in [5.74, 6) is -0.415. The number of amides is 3. The van der Waals surface area contributed by atoms with Gasteiger partial charge in [0.2, 0.25) is 11.8 Å². The molecule has 0 spiro atoms. The van der Waals surface area contributed by atoms with Gasteiger partial charge in [0.1, 0.15) is 23.5 Å². The summed E-state index contributed by atoms with van der Waals surface area (Å²) in [6, 6.07) is 6.31. The number of carbonyl (C=O) groups is 3. The molecule has 198 valence electrons. The predicted molar refractivity (Wildman–Crippen MR) is 131 cm³/mol. The summed E-state index contributed by atoms with van der Waals surface area (Å²) >= 11 is 0. The predicted octanol–water partition coefficient (Wildman–Crippen LogP) is 2.58. The molecule has 0 radical (unpaired) electrons. The highest BCUT2D eigenvalue weighted by molar-refractivity contribution is 5.89. The van der Waals surface area contributed by atoms with Crippen molar-refractivity contribution in [3.05, 3.63) is 35.6 Å². The highest BCUT2D eigenvalue weighted by Gasteiger charge is 2.56. The van der Waals surface area contributed by atoms with Crippen LogP contribution < -0.4 is 5.32 Å². The van der Waals surface area contributed by atoms with Gasteiger partial charge >= 0.3 is 6.09 Å². The highest BCUT2D eigenvalue weighted by Crippen LogP contribution is 2.48. The molecule has 10 heteroatoms. The second kappa shape index (κ2) is 9.28. The smallest absolute Gasteiger partial charge is 0.408 e. The summed E-state index contributed by atoms with van der Waals surface area (Å²) in [5, 5.41) is 12.3. The first kappa shape index (κ1) is 25.5. The van der Waals surface area contributed by atoms with Gasteiger partial charge in [-0.3, -0.25) is 14.5 Å². The first-order valence-electron chi connectivity index (χ1n) is 13.0. The molecule has 0 aromatic heterocycles. The SMILES string of the molecule is C[C@H](c1ccccc1F)N1C(=O)[C@@H]2CC1CN2C[C@H](NC(=O)OC(C)(C)C)C(=O)N1[C@H](C#N)C[C@@H]2C[C@@H]21. The standard InChI is InChI=1S/C27H34FN5O4/c1-15(19-7-5-6-8-20(19)28)32-18-11-23(25(32)35)31(13-18)14-21(30-26(36)37-27(2,3)4)24(34)33-17(12-29)9-16-10-22(16)33/h5-8,15-18,21-23H,9-11,13-14H2,1-4H3,(H,30,36)/t15-,16-,17+,18?,21+,22+,23+/m1/s1. The maximum atomic E-state index is 14.4. The topological polar surface area (TPSA) is 106 Å². The summed E-state index contributed by atoms with van der Waals surface area (Å²) in [4.78, 5) is 45.0. The van der Waals surface area contributed by atoms with Crippen LogP contribution in [0.1, 0.15) is 58.6 Å². The van der Waals surface area contributed by atoms with Crippen LogP contribution in [0.3, 0.4) is 0 Å². The van der Waals surface area contributed by atoms with Gasteiger partial charge in [-0.25, -0.2) is 9.18 Å². The largest absolute Gasteiger partial charge is 0.444 e. The summed E-state index contributed by atoms with van der Waals surface area (Å²) in [5.41, 5.74) is -0.265. The molecular weight excluding hydrogens is 477 g/mol. The minimum absolute atomic E-state index is 0.0360. The number of alkyl carbamates (subject to hydrolysis) is 1. The third-order valence-electron chi connectivity index (χ3n) is 8.00. The summed E-state index contributed by atoms with van der Waals surface area (Å²) in [6.45, 7) is 7.72. The number of halogens is 1. The Hall–Kier alpha value is -3.19. The summed E-state index contributed by atoms with van der Waals surface area (Å²) in [7, 11) is 0. The minimum atomic E-state index is -0.949. The number of fused-ring (bicyclic) bond motifs is 3. The van der Waals surface area contributed by atoms with Crippen molar-refractivity contribution < 1.29 is 23.5 Å². The normalized spacial score (nSPS) is 30.1. The molecule has 1 unspecified atom stereocenters. The molecule has 2 bridgehead atoms. The number of ether oxygens (including phenoxy) is 1. The van der Waals surface area contributed by atoms with Crippen molar-refractivity contribution in [1.29, 1.82) is 5.26 Å². The lowest BCUT2D eigenvalue weighted by atomic mass is 10.0. The van der Waals surface area contributed by atoms with Gasteiger partial charge in [-0.15, -0.1) is 0 Å². The van der Waals surface area contributed by atoms with E-state index in [1.165, 1.54) is 6.07 Å². The zero-order valence-electron chi connectivity index (χ0n) is 21.7. The van der Waals surface area contributed by atoms with Gasteiger partial charge in [-0.05, 0) is 58.9 Å². The zero-order chi connectivity index (χ0) is 26.6. The van der Waals surface area contributed by atoms with E-state index < -0.39 is 35.9 Å². The van der Waals surface area contributed by atoms with Crippen molar-refractivity contribution in [2.24, 2.45) is 5.92 Å². The average Bonchev–Trinajstić information content (AvgIpc) is 3.15. The second-order valence-corrected chi connectivity index (χ2v) is 11.7. The van der Waals surface area contributed by atoms with E-state index in [-0.39, 0.29) is 36.3 Å². The maximum Gasteiger partial charge on any atom is 0.408 e. The molecule has 3 amide bonds. The van der Waals surface area contributed by atoms with E-state index in [2.05, 4.69) is 11.4 Å². The number of piperidine rings is 1. The summed E-state index contributed by atoms with van der Waals surface area (Å²) < 4.78 is 19.8. The van der Waals surface area contributed by atoms with Gasteiger partial charge in [-0.1, -0.05) is 18.2 Å². The molecule has 7 atom stereocenters. The molecule has 1 saturated carbocycles. The molecule has 1 aromatic carbocycles. The number of likely N-dealkylation sites (tertiary alicyclic amines) is 3. The monoisotopic (exact) mass is 511 g/mol. The second-order valence-electron chi connectivity index (χ2n) is 11.7. The third-order valence-corrected chi connectivity index (χ3v) is 8.00. The Morgan fingerprint density at radius 1 is 1.24 bits per heavy atom. The molecule has 37 heavy (non-hydrogen) atoms. The van der Waals surface area contributed by atoms with E-state index in [9.17, 15) is 24.0 Å². The van der Waals surface area contributed by atoms with Crippen molar-refractivity contribution in [3.8, 4) is 6.07 Å². The van der Waals surface area contributed by atoms with Crippen LogP contribution >= 0.6 is 0 Å². The van der Waals surface area contributed by atoms with Crippen LogP contribution in [0.2, 0.25) is 0 Å². The molecule has 9 nitrogen and oxygen atoms in total. The number of hydrogen-bond acceptors (Lipinski definition) is 6. The fourth-order valence-electron chi connectivity index (χ4n) is 6.30.